The summed E-state index contributed by atoms with van der Waals surface area (Å²) < 4.78 is 18.3. The summed E-state index contributed by atoms with van der Waals surface area (Å²) in [7, 11) is 0. The fourth-order valence-electron chi connectivity index (χ4n) is 1.34. The van der Waals surface area contributed by atoms with E-state index in [9.17, 15) is 4.39 Å². The molecule has 0 radical (unpaired) electrons. The molecule has 1 aromatic carbocycles. The van der Waals surface area contributed by atoms with E-state index >= 15 is 0 Å². The molecule has 2 aromatic rings. The summed E-state index contributed by atoms with van der Waals surface area (Å²) >= 11 is 0. The van der Waals surface area contributed by atoms with Gasteiger partial charge in [0.2, 0.25) is 11.8 Å². The van der Waals surface area contributed by atoms with E-state index in [4.69, 9.17) is 10.00 Å². The molecule has 1 aromatic heterocycles. The van der Waals surface area contributed by atoms with E-state index in [-0.39, 0.29) is 5.88 Å². The predicted molar refractivity (Wildman–Crippen MR) is 60.2 cm³/mol. The van der Waals surface area contributed by atoms with Crippen molar-refractivity contribution in [3.8, 4) is 17.7 Å². The normalized spacial score (nSPS) is 9.71. The highest BCUT2D eigenvalue weighted by Crippen LogP contribution is 2.24. The summed E-state index contributed by atoms with van der Waals surface area (Å²) in [5.41, 5.74) is 1.34. The lowest BCUT2D eigenvalue weighted by molar-refractivity contribution is 0.442. The summed E-state index contributed by atoms with van der Waals surface area (Å²) in [6, 6.07) is 11.4. The minimum absolute atomic E-state index is 0.170. The van der Waals surface area contributed by atoms with Gasteiger partial charge in [0.05, 0.1) is 11.6 Å². The summed E-state index contributed by atoms with van der Waals surface area (Å²) in [4.78, 5) is 3.59. The van der Waals surface area contributed by atoms with Gasteiger partial charge in [0.1, 0.15) is 5.75 Å². The van der Waals surface area contributed by atoms with Crippen molar-refractivity contribution in [2.24, 2.45) is 0 Å². The smallest absolute Gasteiger partial charge is 0.221 e. The third-order valence-electron chi connectivity index (χ3n) is 2.22. The minimum atomic E-state index is -0.600. The van der Waals surface area contributed by atoms with Gasteiger partial charge >= 0.3 is 0 Å². The van der Waals surface area contributed by atoms with Crippen LogP contribution in [0.25, 0.3) is 0 Å². The van der Waals surface area contributed by atoms with Gasteiger partial charge in [0.15, 0.2) is 0 Å². The van der Waals surface area contributed by atoms with Crippen LogP contribution in [0.2, 0.25) is 0 Å². The zero-order chi connectivity index (χ0) is 12.3. The van der Waals surface area contributed by atoms with Gasteiger partial charge in [-0.15, -0.1) is 0 Å². The molecule has 3 nitrogen and oxygen atoms in total. The van der Waals surface area contributed by atoms with Crippen LogP contribution in [0.15, 0.2) is 36.4 Å². The van der Waals surface area contributed by atoms with Crippen LogP contribution < -0.4 is 4.74 Å². The largest absolute Gasteiger partial charge is 0.439 e. The molecule has 0 aliphatic rings. The van der Waals surface area contributed by atoms with E-state index in [1.54, 1.807) is 24.3 Å². The third kappa shape index (κ3) is 2.58. The number of nitrogens with zero attached hydrogens (tertiary/aromatic N) is 2. The van der Waals surface area contributed by atoms with Crippen LogP contribution in [0.1, 0.15) is 11.1 Å². The Kier molecular flexibility index (Phi) is 3.01. The molecule has 84 valence electrons. The Morgan fingerprint density at radius 2 is 2.12 bits per heavy atom. The molecule has 0 spiro atoms. The van der Waals surface area contributed by atoms with Crippen molar-refractivity contribution < 1.29 is 9.13 Å². The number of pyridine rings is 1. The molecule has 4 heteroatoms. The van der Waals surface area contributed by atoms with Gasteiger partial charge in [0, 0.05) is 6.07 Å². The molecule has 0 fully saturated rings. The number of ether oxygens (including phenoxy) is 1. The lowest BCUT2D eigenvalue weighted by atomic mass is 10.1. The summed E-state index contributed by atoms with van der Waals surface area (Å²) in [6.45, 7) is 1.84. The summed E-state index contributed by atoms with van der Waals surface area (Å²) in [5.74, 6) is 0.0712. The molecule has 0 saturated heterocycles. The number of hydrogen-bond donors (Lipinski definition) is 0. The lowest BCUT2D eigenvalue weighted by Crippen LogP contribution is -1.92. The van der Waals surface area contributed by atoms with Crippen molar-refractivity contribution >= 4 is 0 Å². The van der Waals surface area contributed by atoms with Crippen molar-refractivity contribution in [2.75, 3.05) is 0 Å². The molecule has 1 heterocycles. The van der Waals surface area contributed by atoms with E-state index < -0.39 is 5.95 Å². The lowest BCUT2D eigenvalue weighted by Gasteiger charge is -2.07. The maximum absolute atomic E-state index is 12.9. The number of aryl methyl sites for hydroxylation is 1. The van der Waals surface area contributed by atoms with Gasteiger partial charge in [0.25, 0.3) is 0 Å². The Bertz CT molecular complexity index is 590. The molecule has 0 N–H and O–H groups in total. The number of halogens is 1. The molecular formula is C13H9FN2O. The second kappa shape index (κ2) is 4.62. The number of rotatable bonds is 2. The van der Waals surface area contributed by atoms with Crippen molar-refractivity contribution in [3.63, 3.8) is 0 Å². The molecule has 0 atom stereocenters. The maximum atomic E-state index is 12.9. The highest BCUT2D eigenvalue weighted by molar-refractivity contribution is 5.43. The quantitative estimate of drug-likeness (QED) is 0.741. The SMILES string of the molecule is Cc1ccc(C#N)cc1Oc1cccc(F)n1. The monoisotopic (exact) mass is 228 g/mol. The first kappa shape index (κ1) is 11.1. The molecule has 17 heavy (non-hydrogen) atoms. The van der Waals surface area contributed by atoms with E-state index in [1.807, 2.05) is 13.0 Å². The van der Waals surface area contributed by atoms with Gasteiger partial charge in [-0.3, -0.25) is 0 Å². The average molecular weight is 228 g/mol. The van der Waals surface area contributed by atoms with Crippen LogP contribution in [-0.2, 0) is 0 Å². The maximum Gasteiger partial charge on any atom is 0.221 e. The minimum Gasteiger partial charge on any atom is -0.439 e. The van der Waals surface area contributed by atoms with Gasteiger partial charge in [-0.05, 0) is 30.7 Å². The zero-order valence-electron chi connectivity index (χ0n) is 9.14. The van der Waals surface area contributed by atoms with E-state index in [0.29, 0.717) is 11.3 Å². The first-order valence-corrected chi connectivity index (χ1v) is 5.00. The van der Waals surface area contributed by atoms with E-state index in [2.05, 4.69) is 4.98 Å². The molecule has 0 amide bonds. The van der Waals surface area contributed by atoms with Crippen molar-refractivity contribution in [3.05, 3.63) is 53.5 Å². The zero-order valence-corrected chi connectivity index (χ0v) is 9.14. The highest BCUT2D eigenvalue weighted by atomic mass is 19.1. The molecule has 0 unspecified atom stereocenters. The first-order chi connectivity index (χ1) is 8.19. The Labute approximate surface area is 98.1 Å². The van der Waals surface area contributed by atoms with Crippen LogP contribution in [0.5, 0.6) is 11.6 Å². The number of hydrogen-bond acceptors (Lipinski definition) is 3. The van der Waals surface area contributed by atoms with E-state index in [0.717, 1.165) is 5.56 Å². The summed E-state index contributed by atoms with van der Waals surface area (Å²) in [5, 5.41) is 8.78. The van der Waals surface area contributed by atoms with Gasteiger partial charge < -0.3 is 4.74 Å². The topological polar surface area (TPSA) is 45.9 Å². The number of aromatic nitrogens is 1. The standard InChI is InChI=1S/C13H9FN2O/c1-9-5-6-10(8-15)7-11(9)17-13-4-2-3-12(14)16-13/h2-7H,1H3. The van der Waals surface area contributed by atoms with Gasteiger partial charge in [-0.2, -0.15) is 14.6 Å². The van der Waals surface area contributed by atoms with Crippen LogP contribution in [-0.4, -0.2) is 4.98 Å². The molecular weight excluding hydrogens is 219 g/mol. The van der Waals surface area contributed by atoms with Crippen LogP contribution >= 0.6 is 0 Å². The number of benzene rings is 1. The van der Waals surface area contributed by atoms with E-state index in [1.165, 1.54) is 12.1 Å². The first-order valence-electron chi connectivity index (χ1n) is 5.00. The molecule has 0 saturated carbocycles. The fraction of sp³-hybridized carbons (Fsp3) is 0.0769. The van der Waals surface area contributed by atoms with Gasteiger partial charge in [-0.25, -0.2) is 0 Å². The number of nitriles is 1. The fourth-order valence-corrected chi connectivity index (χ4v) is 1.34. The highest BCUT2D eigenvalue weighted by Gasteiger charge is 2.04. The third-order valence-corrected chi connectivity index (χ3v) is 2.22. The van der Waals surface area contributed by atoms with Crippen LogP contribution in [0.4, 0.5) is 4.39 Å². The van der Waals surface area contributed by atoms with Crippen molar-refractivity contribution in [2.45, 2.75) is 6.92 Å². The van der Waals surface area contributed by atoms with Crippen molar-refractivity contribution in [1.29, 1.82) is 5.26 Å². The molecule has 0 aliphatic carbocycles. The van der Waals surface area contributed by atoms with Crippen molar-refractivity contribution in [1.82, 2.24) is 4.98 Å². The predicted octanol–water partition coefficient (Wildman–Crippen LogP) is 3.19. The summed E-state index contributed by atoms with van der Waals surface area (Å²) in [6.07, 6.45) is 0. The molecule has 2 rings (SSSR count). The Morgan fingerprint density at radius 3 is 2.82 bits per heavy atom. The van der Waals surface area contributed by atoms with Crippen LogP contribution in [0.3, 0.4) is 0 Å². The molecule has 0 bridgehead atoms. The Balaban J connectivity index is 2.33. The second-order valence-corrected chi connectivity index (χ2v) is 3.49. The second-order valence-electron chi connectivity index (χ2n) is 3.49. The molecule has 0 aliphatic heterocycles. The van der Waals surface area contributed by atoms with Gasteiger partial charge in [-0.1, -0.05) is 12.1 Å². The Hall–Kier alpha value is -2.41. The average Bonchev–Trinajstić information content (AvgIpc) is 2.32. The van der Waals surface area contributed by atoms with Crippen LogP contribution in [0, 0.1) is 24.2 Å². The Morgan fingerprint density at radius 1 is 1.29 bits per heavy atom.